The molecule has 1 aliphatic heterocycles. The highest BCUT2D eigenvalue weighted by Gasteiger charge is 2.19. The molecule has 0 atom stereocenters. The van der Waals surface area contributed by atoms with Crippen LogP contribution < -0.4 is 5.32 Å². The smallest absolute Gasteiger partial charge is 0.251 e. The van der Waals surface area contributed by atoms with Crippen molar-refractivity contribution in [3.63, 3.8) is 0 Å². The summed E-state index contributed by atoms with van der Waals surface area (Å²) in [6, 6.07) is 5.45. The van der Waals surface area contributed by atoms with E-state index < -0.39 is 0 Å². The topological polar surface area (TPSA) is 78.1 Å². The van der Waals surface area contributed by atoms with Crippen molar-refractivity contribution in [1.82, 2.24) is 20.4 Å². The first-order valence-electron chi connectivity index (χ1n) is 7.23. The average molecular weight is 286 g/mol. The van der Waals surface area contributed by atoms with Crippen molar-refractivity contribution >= 4 is 22.7 Å². The van der Waals surface area contributed by atoms with Crippen LogP contribution >= 0.6 is 0 Å². The predicted octanol–water partition coefficient (Wildman–Crippen LogP) is 1.31. The van der Waals surface area contributed by atoms with Crippen molar-refractivity contribution < 1.29 is 9.59 Å². The molecule has 21 heavy (non-hydrogen) atoms. The molecule has 0 saturated carbocycles. The van der Waals surface area contributed by atoms with E-state index in [1.165, 1.54) is 0 Å². The molecule has 6 heteroatoms. The highest BCUT2D eigenvalue weighted by molar-refractivity contribution is 5.97. The molecule has 0 spiro atoms. The van der Waals surface area contributed by atoms with E-state index in [2.05, 4.69) is 15.5 Å². The minimum absolute atomic E-state index is 0.0979. The fraction of sp³-hybridized carbons (Fsp3) is 0.400. The predicted molar refractivity (Wildman–Crippen MR) is 78.9 cm³/mol. The van der Waals surface area contributed by atoms with E-state index in [4.69, 9.17) is 0 Å². The number of aromatic amines is 1. The maximum atomic E-state index is 12.0. The number of benzene rings is 1. The maximum Gasteiger partial charge on any atom is 0.251 e. The molecule has 3 rings (SSSR count). The zero-order chi connectivity index (χ0) is 14.7. The Morgan fingerprint density at radius 2 is 2.33 bits per heavy atom. The van der Waals surface area contributed by atoms with Crippen LogP contribution in [0.1, 0.15) is 29.6 Å². The molecule has 110 valence electrons. The summed E-state index contributed by atoms with van der Waals surface area (Å²) in [6.07, 6.45) is 4.12. The number of carbonyl (C=O) groups is 2. The van der Waals surface area contributed by atoms with Gasteiger partial charge in [0, 0.05) is 37.0 Å². The van der Waals surface area contributed by atoms with Gasteiger partial charge in [-0.05, 0) is 25.0 Å². The van der Waals surface area contributed by atoms with Crippen LogP contribution in [0.3, 0.4) is 0 Å². The van der Waals surface area contributed by atoms with Gasteiger partial charge in [0.05, 0.1) is 11.7 Å². The molecule has 1 aromatic carbocycles. The summed E-state index contributed by atoms with van der Waals surface area (Å²) in [5.74, 6) is 0.130. The second-order valence-corrected chi connectivity index (χ2v) is 5.27. The van der Waals surface area contributed by atoms with Gasteiger partial charge >= 0.3 is 0 Å². The Kier molecular flexibility index (Phi) is 3.85. The Hall–Kier alpha value is -2.37. The Bertz CT molecular complexity index is 664. The van der Waals surface area contributed by atoms with Crippen LogP contribution in [0.25, 0.3) is 10.9 Å². The van der Waals surface area contributed by atoms with Gasteiger partial charge in [-0.1, -0.05) is 6.07 Å². The second kappa shape index (κ2) is 5.95. The van der Waals surface area contributed by atoms with E-state index >= 15 is 0 Å². The third kappa shape index (κ3) is 3.04. The number of fused-ring (bicyclic) bond motifs is 1. The lowest BCUT2D eigenvalue weighted by Crippen LogP contribution is -2.30. The molecule has 0 unspecified atom stereocenters. The van der Waals surface area contributed by atoms with E-state index in [0.717, 1.165) is 36.8 Å². The molecule has 2 amide bonds. The summed E-state index contributed by atoms with van der Waals surface area (Å²) in [5, 5.41) is 10.7. The van der Waals surface area contributed by atoms with Gasteiger partial charge in [0.1, 0.15) is 0 Å². The van der Waals surface area contributed by atoms with Crippen LogP contribution in [0.15, 0.2) is 24.4 Å². The molecule has 2 heterocycles. The van der Waals surface area contributed by atoms with E-state index in [9.17, 15) is 9.59 Å². The quantitative estimate of drug-likeness (QED) is 0.813. The molecule has 2 aromatic rings. The van der Waals surface area contributed by atoms with Gasteiger partial charge in [-0.3, -0.25) is 14.7 Å². The summed E-state index contributed by atoms with van der Waals surface area (Å²) in [5.41, 5.74) is 1.47. The lowest BCUT2D eigenvalue weighted by molar-refractivity contribution is -0.127. The molecule has 0 radical (unpaired) electrons. The van der Waals surface area contributed by atoms with Crippen molar-refractivity contribution in [3.8, 4) is 0 Å². The maximum absolute atomic E-state index is 12.0. The normalized spacial score (nSPS) is 14.9. The third-order valence-electron chi connectivity index (χ3n) is 3.77. The fourth-order valence-corrected chi connectivity index (χ4v) is 2.59. The first-order valence-corrected chi connectivity index (χ1v) is 7.23. The first kappa shape index (κ1) is 13.6. The van der Waals surface area contributed by atoms with Gasteiger partial charge in [-0.2, -0.15) is 5.10 Å². The SMILES string of the molecule is O=C(NCCCN1CCCC1=O)c1ccc2cn[nH]c2c1. The van der Waals surface area contributed by atoms with Crippen LogP contribution in [-0.4, -0.2) is 46.5 Å². The highest BCUT2D eigenvalue weighted by Crippen LogP contribution is 2.13. The Labute approximate surface area is 122 Å². The summed E-state index contributed by atoms with van der Waals surface area (Å²) in [4.78, 5) is 25.4. The minimum Gasteiger partial charge on any atom is -0.352 e. The summed E-state index contributed by atoms with van der Waals surface area (Å²) in [6.45, 7) is 2.14. The zero-order valence-corrected chi connectivity index (χ0v) is 11.8. The van der Waals surface area contributed by atoms with Gasteiger partial charge < -0.3 is 10.2 Å². The lowest BCUT2D eigenvalue weighted by Gasteiger charge is -2.15. The second-order valence-electron chi connectivity index (χ2n) is 5.27. The summed E-state index contributed by atoms with van der Waals surface area (Å²) < 4.78 is 0. The van der Waals surface area contributed by atoms with Crippen molar-refractivity contribution in [3.05, 3.63) is 30.0 Å². The number of nitrogens with zero attached hydrogens (tertiary/aromatic N) is 2. The molecular formula is C15H18N4O2. The number of nitrogens with one attached hydrogen (secondary N) is 2. The van der Waals surface area contributed by atoms with Crippen molar-refractivity contribution in [1.29, 1.82) is 0 Å². The molecule has 2 N–H and O–H groups in total. The molecule has 1 fully saturated rings. The zero-order valence-electron chi connectivity index (χ0n) is 11.8. The number of rotatable bonds is 5. The molecule has 0 bridgehead atoms. The van der Waals surface area contributed by atoms with Crippen molar-refractivity contribution in [2.24, 2.45) is 0 Å². The Morgan fingerprint density at radius 1 is 1.43 bits per heavy atom. The van der Waals surface area contributed by atoms with Gasteiger partial charge in [-0.15, -0.1) is 0 Å². The van der Waals surface area contributed by atoms with E-state index in [-0.39, 0.29) is 11.8 Å². The molecule has 0 aliphatic carbocycles. The Balaban J connectivity index is 1.48. The van der Waals surface area contributed by atoms with Gasteiger partial charge in [0.15, 0.2) is 0 Å². The van der Waals surface area contributed by atoms with Crippen LogP contribution in [0.2, 0.25) is 0 Å². The third-order valence-corrected chi connectivity index (χ3v) is 3.77. The van der Waals surface area contributed by atoms with Crippen LogP contribution in [-0.2, 0) is 4.79 Å². The molecule has 6 nitrogen and oxygen atoms in total. The number of likely N-dealkylation sites (tertiary alicyclic amines) is 1. The van der Waals surface area contributed by atoms with Crippen LogP contribution in [0, 0.1) is 0 Å². The first-order chi connectivity index (χ1) is 10.2. The summed E-state index contributed by atoms with van der Waals surface area (Å²) >= 11 is 0. The number of H-pyrrole nitrogens is 1. The summed E-state index contributed by atoms with van der Waals surface area (Å²) in [7, 11) is 0. The molecular weight excluding hydrogens is 268 g/mol. The fourth-order valence-electron chi connectivity index (χ4n) is 2.59. The molecule has 1 saturated heterocycles. The average Bonchev–Trinajstić information content (AvgIpc) is 3.11. The largest absolute Gasteiger partial charge is 0.352 e. The highest BCUT2D eigenvalue weighted by atomic mass is 16.2. The van der Waals surface area contributed by atoms with Crippen molar-refractivity contribution in [2.45, 2.75) is 19.3 Å². The van der Waals surface area contributed by atoms with Gasteiger partial charge in [0.25, 0.3) is 5.91 Å². The van der Waals surface area contributed by atoms with E-state index in [0.29, 0.717) is 18.5 Å². The molecule has 1 aliphatic rings. The number of hydrogen-bond acceptors (Lipinski definition) is 3. The van der Waals surface area contributed by atoms with Gasteiger partial charge in [-0.25, -0.2) is 0 Å². The Morgan fingerprint density at radius 3 is 3.14 bits per heavy atom. The van der Waals surface area contributed by atoms with Crippen LogP contribution in [0.5, 0.6) is 0 Å². The number of aromatic nitrogens is 2. The number of amides is 2. The minimum atomic E-state index is -0.0979. The number of hydrogen-bond donors (Lipinski definition) is 2. The molecule has 1 aromatic heterocycles. The monoisotopic (exact) mass is 286 g/mol. The van der Waals surface area contributed by atoms with Gasteiger partial charge in [0.2, 0.25) is 5.91 Å². The van der Waals surface area contributed by atoms with E-state index in [1.54, 1.807) is 18.3 Å². The lowest BCUT2D eigenvalue weighted by atomic mass is 10.1. The van der Waals surface area contributed by atoms with E-state index in [1.807, 2.05) is 11.0 Å². The van der Waals surface area contributed by atoms with Crippen molar-refractivity contribution in [2.75, 3.05) is 19.6 Å². The number of carbonyl (C=O) groups excluding carboxylic acids is 2. The van der Waals surface area contributed by atoms with Crippen LogP contribution in [0.4, 0.5) is 0 Å². The standard InChI is InChI=1S/C15H18N4O2/c20-14-3-1-7-19(14)8-2-6-16-15(21)11-4-5-12-10-17-18-13(12)9-11/h4-5,9-10H,1-3,6-8H2,(H,16,21)(H,17,18).